The van der Waals surface area contributed by atoms with E-state index in [1.54, 1.807) is 17.0 Å². The number of alkyl halides is 2. The Morgan fingerprint density at radius 1 is 1.45 bits per heavy atom. The molecular formula is C13H16BrF2NO3. The first-order valence-corrected chi connectivity index (χ1v) is 6.78. The van der Waals surface area contributed by atoms with Crippen LogP contribution in [-0.4, -0.2) is 35.2 Å². The van der Waals surface area contributed by atoms with Gasteiger partial charge in [0.2, 0.25) is 0 Å². The van der Waals surface area contributed by atoms with E-state index in [4.69, 9.17) is 5.11 Å². The van der Waals surface area contributed by atoms with Crippen molar-refractivity contribution in [3.63, 3.8) is 0 Å². The van der Waals surface area contributed by atoms with Crippen LogP contribution in [0.3, 0.4) is 0 Å². The van der Waals surface area contributed by atoms with Crippen molar-refractivity contribution in [1.82, 2.24) is 4.90 Å². The maximum absolute atomic E-state index is 12.4. The summed E-state index contributed by atoms with van der Waals surface area (Å²) in [6, 6.07) is 4.64. The van der Waals surface area contributed by atoms with Crippen LogP contribution < -0.4 is 4.74 Å². The maximum Gasteiger partial charge on any atom is 0.387 e. The van der Waals surface area contributed by atoms with E-state index < -0.39 is 12.6 Å². The number of nitrogens with zero attached hydrogens (tertiary/aromatic N) is 1. The summed E-state index contributed by atoms with van der Waals surface area (Å²) in [6.45, 7) is 0.814. The number of carboxylic acid groups (broad SMARTS) is 1. The molecule has 0 radical (unpaired) electrons. The molecule has 0 unspecified atom stereocenters. The fourth-order valence-corrected chi connectivity index (χ4v) is 2.10. The fraction of sp³-hybridized carbons (Fsp3) is 0.462. The molecule has 0 spiro atoms. The summed E-state index contributed by atoms with van der Waals surface area (Å²) < 4.78 is 29.9. The van der Waals surface area contributed by atoms with E-state index in [-0.39, 0.29) is 24.9 Å². The van der Waals surface area contributed by atoms with Crippen LogP contribution in [0.2, 0.25) is 0 Å². The van der Waals surface area contributed by atoms with Gasteiger partial charge in [0.1, 0.15) is 5.75 Å². The summed E-state index contributed by atoms with van der Waals surface area (Å²) in [4.78, 5) is 12.5. The molecule has 1 aromatic rings. The van der Waals surface area contributed by atoms with E-state index in [0.717, 1.165) is 0 Å². The zero-order valence-electron chi connectivity index (χ0n) is 11.1. The number of benzene rings is 1. The highest BCUT2D eigenvalue weighted by Crippen LogP contribution is 2.26. The van der Waals surface area contributed by atoms with Gasteiger partial charge in [0, 0.05) is 22.6 Å². The van der Waals surface area contributed by atoms with Crippen molar-refractivity contribution in [2.75, 3.05) is 6.54 Å². The quantitative estimate of drug-likeness (QED) is 0.818. The van der Waals surface area contributed by atoms with Gasteiger partial charge in [0.05, 0.1) is 6.54 Å². The molecule has 0 aliphatic heterocycles. The molecule has 0 saturated heterocycles. The summed E-state index contributed by atoms with van der Waals surface area (Å²) in [6.07, 6.45) is 0. The van der Waals surface area contributed by atoms with Crippen LogP contribution in [0, 0.1) is 0 Å². The first-order valence-electron chi connectivity index (χ1n) is 5.98. The first-order chi connectivity index (χ1) is 9.29. The summed E-state index contributed by atoms with van der Waals surface area (Å²) in [7, 11) is 0. The van der Waals surface area contributed by atoms with Gasteiger partial charge in [0.15, 0.2) is 0 Å². The average Bonchev–Trinajstić information content (AvgIpc) is 2.30. The molecule has 7 heteroatoms. The Balaban J connectivity index is 2.97. The molecule has 0 heterocycles. The number of hydrogen-bond acceptors (Lipinski definition) is 3. The minimum atomic E-state index is -2.91. The molecule has 0 bridgehead atoms. The van der Waals surface area contributed by atoms with Crippen LogP contribution in [0.5, 0.6) is 5.75 Å². The highest BCUT2D eigenvalue weighted by atomic mass is 79.9. The lowest BCUT2D eigenvalue weighted by molar-refractivity contribution is -0.139. The third-order valence-electron chi connectivity index (χ3n) is 2.68. The predicted octanol–water partition coefficient (Wildman–Crippen LogP) is 3.35. The number of rotatable bonds is 7. The van der Waals surface area contributed by atoms with E-state index >= 15 is 0 Å². The molecule has 0 atom stereocenters. The molecule has 0 amide bonds. The van der Waals surface area contributed by atoms with Gasteiger partial charge in [-0.2, -0.15) is 8.78 Å². The van der Waals surface area contributed by atoms with Gasteiger partial charge in [-0.1, -0.05) is 15.9 Å². The third kappa shape index (κ3) is 5.42. The summed E-state index contributed by atoms with van der Waals surface area (Å²) >= 11 is 3.26. The summed E-state index contributed by atoms with van der Waals surface area (Å²) in [5.74, 6) is -0.913. The lowest BCUT2D eigenvalue weighted by Crippen LogP contribution is -2.35. The molecule has 0 aromatic heterocycles. The molecule has 0 aliphatic carbocycles. The molecule has 0 saturated carbocycles. The monoisotopic (exact) mass is 351 g/mol. The minimum absolute atomic E-state index is 0.0375. The average molecular weight is 352 g/mol. The van der Waals surface area contributed by atoms with Crippen LogP contribution in [-0.2, 0) is 11.3 Å². The number of aliphatic carboxylic acids is 1. The molecular weight excluding hydrogens is 336 g/mol. The second-order valence-electron chi connectivity index (χ2n) is 4.52. The lowest BCUT2D eigenvalue weighted by Gasteiger charge is -2.25. The van der Waals surface area contributed by atoms with Crippen molar-refractivity contribution in [2.24, 2.45) is 0 Å². The molecule has 4 nitrogen and oxygen atoms in total. The second-order valence-corrected chi connectivity index (χ2v) is 5.44. The van der Waals surface area contributed by atoms with E-state index in [9.17, 15) is 13.6 Å². The van der Waals surface area contributed by atoms with Crippen molar-refractivity contribution in [1.29, 1.82) is 0 Å². The van der Waals surface area contributed by atoms with Gasteiger partial charge >= 0.3 is 12.6 Å². The van der Waals surface area contributed by atoms with Gasteiger partial charge in [-0.25, -0.2) is 0 Å². The molecule has 20 heavy (non-hydrogen) atoms. The van der Waals surface area contributed by atoms with Crippen LogP contribution in [0.4, 0.5) is 8.78 Å². The Hall–Kier alpha value is -1.21. The molecule has 112 valence electrons. The maximum atomic E-state index is 12.4. The molecule has 0 fully saturated rings. The Bertz CT molecular complexity index is 469. The fourth-order valence-electron chi connectivity index (χ4n) is 1.70. The van der Waals surface area contributed by atoms with Gasteiger partial charge in [-0.05, 0) is 32.0 Å². The van der Waals surface area contributed by atoms with Crippen molar-refractivity contribution in [2.45, 2.75) is 33.0 Å². The van der Waals surface area contributed by atoms with Crippen molar-refractivity contribution < 1.29 is 23.4 Å². The number of carbonyl (C=O) groups is 1. The van der Waals surface area contributed by atoms with E-state index in [0.29, 0.717) is 10.0 Å². The summed E-state index contributed by atoms with van der Waals surface area (Å²) in [5.41, 5.74) is 0.509. The zero-order valence-corrected chi connectivity index (χ0v) is 12.7. The normalized spacial score (nSPS) is 11.4. The van der Waals surface area contributed by atoms with Crippen LogP contribution in [0.25, 0.3) is 0 Å². The van der Waals surface area contributed by atoms with Crippen LogP contribution >= 0.6 is 15.9 Å². The Morgan fingerprint density at radius 2 is 2.10 bits per heavy atom. The number of ether oxygens (including phenoxy) is 1. The Kier molecular flexibility index (Phi) is 6.35. The largest absolute Gasteiger partial charge is 0.480 e. The summed E-state index contributed by atoms with van der Waals surface area (Å²) in [5, 5.41) is 8.88. The molecule has 0 aliphatic rings. The minimum Gasteiger partial charge on any atom is -0.480 e. The van der Waals surface area contributed by atoms with Crippen LogP contribution in [0.1, 0.15) is 19.4 Å². The van der Waals surface area contributed by atoms with Gasteiger partial charge in [0.25, 0.3) is 0 Å². The molecule has 1 N–H and O–H groups in total. The highest BCUT2D eigenvalue weighted by molar-refractivity contribution is 9.10. The topological polar surface area (TPSA) is 49.8 Å². The lowest BCUT2D eigenvalue weighted by atomic mass is 10.1. The number of carboxylic acids is 1. The van der Waals surface area contributed by atoms with Crippen molar-refractivity contribution in [3.05, 3.63) is 28.2 Å². The predicted molar refractivity (Wildman–Crippen MR) is 74.0 cm³/mol. The van der Waals surface area contributed by atoms with Crippen molar-refractivity contribution in [3.8, 4) is 5.75 Å². The smallest absolute Gasteiger partial charge is 0.387 e. The molecule has 1 rings (SSSR count). The van der Waals surface area contributed by atoms with E-state index in [1.807, 2.05) is 13.8 Å². The van der Waals surface area contributed by atoms with Gasteiger partial charge in [-0.3, -0.25) is 9.69 Å². The van der Waals surface area contributed by atoms with E-state index in [1.165, 1.54) is 6.07 Å². The third-order valence-corrected chi connectivity index (χ3v) is 3.17. The Morgan fingerprint density at radius 3 is 2.60 bits per heavy atom. The molecule has 1 aromatic carbocycles. The number of halogens is 3. The number of hydrogen-bond donors (Lipinski definition) is 1. The highest BCUT2D eigenvalue weighted by Gasteiger charge is 2.17. The second kappa shape index (κ2) is 7.54. The van der Waals surface area contributed by atoms with Gasteiger partial charge in [-0.15, -0.1) is 0 Å². The Labute approximate surface area is 124 Å². The SMILES string of the molecule is CC(C)N(CC(=O)O)Cc1cc(Br)ccc1OC(F)F. The first kappa shape index (κ1) is 16.8. The van der Waals surface area contributed by atoms with Gasteiger partial charge < -0.3 is 9.84 Å². The van der Waals surface area contributed by atoms with E-state index in [2.05, 4.69) is 20.7 Å². The standard InChI is InChI=1S/C13H16BrF2NO3/c1-8(2)17(7-12(18)19)6-9-5-10(14)3-4-11(9)20-13(15)16/h3-5,8,13H,6-7H2,1-2H3,(H,18,19). The zero-order chi connectivity index (χ0) is 15.3. The van der Waals surface area contributed by atoms with Crippen molar-refractivity contribution >= 4 is 21.9 Å². The van der Waals surface area contributed by atoms with Crippen LogP contribution in [0.15, 0.2) is 22.7 Å².